The van der Waals surface area contributed by atoms with Gasteiger partial charge in [-0.05, 0) is 36.0 Å². The van der Waals surface area contributed by atoms with Crippen LogP contribution < -0.4 is 0 Å². The highest BCUT2D eigenvalue weighted by Gasteiger charge is 2.29. The number of terminal acetylenes is 1. The van der Waals surface area contributed by atoms with Gasteiger partial charge in [0.2, 0.25) is 0 Å². The molecule has 1 aliphatic rings. The van der Waals surface area contributed by atoms with Gasteiger partial charge in [-0.2, -0.15) is 0 Å². The van der Waals surface area contributed by atoms with Crippen LogP contribution in [-0.4, -0.2) is 0 Å². The van der Waals surface area contributed by atoms with Gasteiger partial charge in [0, 0.05) is 5.56 Å². The Kier molecular flexibility index (Phi) is 2.33. The lowest BCUT2D eigenvalue weighted by Gasteiger charge is -2.24. The van der Waals surface area contributed by atoms with Crippen molar-refractivity contribution in [3.05, 3.63) is 35.4 Å². The molecule has 0 unspecified atom stereocenters. The van der Waals surface area contributed by atoms with Crippen LogP contribution in [0.2, 0.25) is 0 Å². The molecule has 1 saturated carbocycles. The molecule has 1 aromatic carbocycles. The molecule has 0 amide bonds. The molecule has 0 atom stereocenters. The summed E-state index contributed by atoms with van der Waals surface area (Å²) < 4.78 is 0. The van der Waals surface area contributed by atoms with Gasteiger partial charge < -0.3 is 0 Å². The third kappa shape index (κ3) is 1.55. The lowest BCUT2D eigenvalue weighted by atomic mass is 9.81. The SMILES string of the molecule is C#Cc1ccc(C2(C)CCCC2)cc1. The average Bonchev–Trinajstić information content (AvgIpc) is 2.67. The Labute approximate surface area is 86.3 Å². The van der Waals surface area contributed by atoms with E-state index < -0.39 is 0 Å². The summed E-state index contributed by atoms with van der Waals surface area (Å²) in [5, 5.41) is 0. The summed E-state index contributed by atoms with van der Waals surface area (Å²) in [6, 6.07) is 8.50. The molecule has 0 heterocycles. The molecule has 1 aromatic rings. The lowest BCUT2D eigenvalue weighted by molar-refractivity contribution is 0.491. The molecule has 0 aromatic heterocycles. The van der Waals surface area contributed by atoms with E-state index in [1.54, 1.807) is 0 Å². The first-order valence-corrected chi connectivity index (χ1v) is 5.32. The fourth-order valence-electron chi connectivity index (χ4n) is 2.41. The Balaban J connectivity index is 2.29. The van der Waals surface area contributed by atoms with Gasteiger partial charge in [0.05, 0.1) is 0 Å². The molecule has 72 valence electrons. The van der Waals surface area contributed by atoms with Crippen LogP contribution in [0.5, 0.6) is 0 Å². The predicted molar refractivity (Wildman–Crippen MR) is 60.2 cm³/mol. The van der Waals surface area contributed by atoms with Crippen molar-refractivity contribution in [2.75, 3.05) is 0 Å². The summed E-state index contributed by atoms with van der Waals surface area (Å²) in [7, 11) is 0. The molecule has 0 saturated heterocycles. The van der Waals surface area contributed by atoms with E-state index in [0.29, 0.717) is 5.41 Å². The number of benzene rings is 1. The largest absolute Gasteiger partial charge is 0.115 e. The number of rotatable bonds is 1. The normalized spacial score (nSPS) is 19.1. The van der Waals surface area contributed by atoms with Crippen molar-refractivity contribution in [3.63, 3.8) is 0 Å². The van der Waals surface area contributed by atoms with E-state index in [2.05, 4.69) is 37.1 Å². The molecule has 1 fully saturated rings. The van der Waals surface area contributed by atoms with Crippen molar-refractivity contribution in [1.82, 2.24) is 0 Å². The zero-order chi connectivity index (χ0) is 10.0. The minimum Gasteiger partial charge on any atom is -0.115 e. The maximum absolute atomic E-state index is 5.34. The molecule has 0 aliphatic heterocycles. The van der Waals surface area contributed by atoms with Gasteiger partial charge in [-0.25, -0.2) is 0 Å². The molecule has 0 spiro atoms. The fourth-order valence-corrected chi connectivity index (χ4v) is 2.41. The van der Waals surface area contributed by atoms with Crippen LogP contribution in [0.15, 0.2) is 24.3 Å². The number of hydrogen-bond acceptors (Lipinski definition) is 0. The van der Waals surface area contributed by atoms with Crippen molar-refractivity contribution >= 4 is 0 Å². The summed E-state index contributed by atoms with van der Waals surface area (Å²) in [5.74, 6) is 2.66. The van der Waals surface area contributed by atoms with E-state index in [9.17, 15) is 0 Å². The quantitative estimate of drug-likeness (QED) is 0.586. The Morgan fingerprint density at radius 1 is 1.14 bits per heavy atom. The van der Waals surface area contributed by atoms with Crippen molar-refractivity contribution in [2.24, 2.45) is 0 Å². The van der Waals surface area contributed by atoms with E-state index in [1.807, 2.05) is 0 Å². The number of hydrogen-bond donors (Lipinski definition) is 0. The highest BCUT2D eigenvalue weighted by Crippen LogP contribution is 2.40. The summed E-state index contributed by atoms with van der Waals surface area (Å²) in [5.41, 5.74) is 2.84. The minimum atomic E-state index is 0.410. The lowest BCUT2D eigenvalue weighted by Crippen LogP contribution is -2.16. The van der Waals surface area contributed by atoms with Gasteiger partial charge in [-0.15, -0.1) is 6.42 Å². The third-order valence-corrected chi connectivity index (χ3v) is 3.46. The van der Waals surface area contributed by atoms with Crippen molar-refractivity contribution in [1.29, 1.82) is 0 Å². The maximum atomic E-state index is 5.34. The molecule has 2 rings (SSSR count). The van der Waals surface area contributed by atoms with Gasteiger partial charge in [0.1, 0.15) is 0 Å². The second-order valence-electron chi connectivity index (χ2n) is 4.49. The molecule has 0 radical (unpaired) electrons. The Hall–Kier alpha value is -1.22. The van der Waals surface area contributed by atoms with Crippen molar-refractivity contribution < 1.29 is 0 Å². The second kappa shape index (κ2) is 3.50. The smallest absolute Gasteiger partial charge is 0.0242 e. The van der Waals surface area contributed by atoms with E-state index in [0.717, 1.165) is 5.56 Å². The van der Waals surface area contributed by atoms with Crippen molar-refractivity contribution in [2.45, 2.75) is 38.0 Å². The van der Waals surface area contributed by atoms with Crippen LogP contribution >= 0.6 is 0 Å². The Morgan fingerprint density at radius 2 is 1.71 bits per heavy atom. The van der Waals surface area contributed by atoms with Gasteiger partial charge >= 0.3 is 0 Å². The van der Waals surface area contributed by atoms with Gasteiger partial charge in [0.15, 0.2) is 0 Å². The van der Waals surface area contributed by atoms with Crippen LogP contribution in [0.4, 0.5) is 0 Å². The topological polar surface area (TPSA) is 0 Å². The highest BCUT2D eigenvalue weighted by molar-refractivity contribution is 5.37. The summed E-state index contributed by atoms with van der Waals surface area (Å²) >= 11 is 0. The maximum Gasteiger partial charge on any atom is 0.0242 e. The van der Waals surface area contributed by atoms with Crippen LogP contribution in [0, 0.1) is 12.3 Å². The molecule has 0 heteroatoms. The third-order valence-electron chi connectivity index (χ3n) is 3.46. The Morgan fingerprint density at radius 3 is 2.21 bits per heavy atom. The van der Waals surface area contributed by atoms with Crippen LogP contribution in [0.3, 0.4) is 0 Å². The van der Waals surface area contributed by atoms with Gasteiger partial charge in [-0.3, -0.25) is 0 Å². The fraction of sp³-hybridized carbons (Fsp3) is 0.429. The monoisotopic (exact) mass is 184 g/mol. The molecular formula is C14H16. The van der Waals surface area contributed by atoms with Crippen LogP contribution in [0.25, 0.3) is 0 Å². The zero-order valence-electron chi connectivity index (χ0n) is 8.72. The van der Waals surface area contributed by atoms with Crippen LogP contribution in [0.1, 0.15) is 43.7 Å². The first-order valence-electron chi connectivity index (χ1n) is 5.32. The average molecular weight is 184 g/mol. The highest BCUT2D eigenvalue weighted by atomic mass is 14.3. The van der Waals surface area contributed by atoms with E-state index in [1.165, 1.54) is 31.2 Å². The van der Waals surface area contributed by atoms with E-state index >= 15 is 0 Å². The molecule has 1 aliphatic carbocycles. The zero-order valence-corrected chi connectivity index (χ0v) is 8.72. The molecule has 0 N–H and O–H groups in total. The van der Waals surface area contributed by atoms with Gasteiger partial charge in [-0.1, -0.05) is 37.8 Å². The minimum absolute atomic E-state index is 0.410. The summed E-state index contributed by atoms with van der Waals surface area (Å²) in [4.78, 5) is 0. The first kappa shape index (κ1) is 9.34. The molecule has 14 heavy (non-hydrogen) atoms. The van der Waals surface area contributed by atoms with E-state index in [-0.39, 0.29) is 0 Å². The van der Waals surface area contributed by atoms with Crippen LogP contribution in [-0.2, 0) is 5.41 Å². The predicted octanol–water partition coefficient (Wildman–Crippen LogP) is 3.50. The Bertz CT molecular complexity index is 345. The van der Waals surface area contributed by atoms with E-state index in [4.69, 9.17) is 6.42 Å². The molecular weight excluding hydrogens is 168 g/mol. The second-order valence-corrected chi connectivity index (χ2v) is 4.49. The first-order chi connectivity index (χ1) is 6.74. The summed E-state index contributed by atoms with van der Waals surface area (Å²) in [6.45, 7) is 2.37. The standard InChI is InChI=1S/C14H16/c1-3-12-6-8-13(9-7-12)14(2)10-4-5-11-14/h1,6-9H,4-5,10-11H2,2H3. The molecule has 0 nitrogen and oxygen atoms in total. The molecule has 0 bridgehead atoms. The van der Waals surface area contributed by atoms with Crippen molar-refractivity contribution in [3.8, 4) is 12.3 Å². The summed E-state index contributed by atoms with van der Waals surface area (Å²) in [6.07, 6.45) is 10.7. The van der Waals surface area contributed by atoms with Gasteiger partial charge in [0.25, 0.3) is 0 Å².